The first-order valence-electron chi connectivity index (χ1n) is 6.28. The van der Waals surface area contributed by atoms with E-state index in [9.17, 15) is 4.79 Å². The van der Waals surface area contributed by atoms with Crippen LogP contribution in [0.3, 0.4) is 0 Å². The number of thiophene rings is 1. The lowest BCUT2D eigenvalue weighted by atomic mass is 10.2. The van der Waals surface area contributed by atoms with E-state index >= 15 is 0 Å². The third-order valence-electron chi connectivity index (χ3n) is 2.90. The van der Waals surface area contributed by atoms with Crippen molar-refractivity contribution in [3.05, 3.63) is 59.1 Å². The van der Waals surface area contributed by atoms with Crippen molar-refractivity contribution < 1.29 is 14.4 Å². The highest BCUT2D eigenvalue weighted by molar-refractivity contribution is 7.13. The van der Waals surface area contributed by atoms with Crippen LogP contribution in [-0.4, -0.2) is 16.2 Å². The summed E-state index contributed by atoms with van der Waals surface area (Å²) in [5.74, 6) is 0.240. The number of hydrogen-bond donors (Lipinski definition) is 2. The van der Waals surface area contributed by atoms with Crippen LogP contribution in [0.5, 0.6) is 0 Å². The molecule has 0 aliphatic carbocycles. The fraction of sp³-hybridized carbons (Fsp3) is 0.0667. The van der Waals surface area contributed by atoms with E-state index in [1.54, 1.807) is 30.3 Å². The van der Waals surface area contributed by atoms with Gasteiger partial charge in [-0.2, -0.15) is 0 Å². The van der Waals surface area contributed by atoms with E-state index in [1.165, 1.54) is 11.3 Å². The van der Waals surface area contributed by atoms with Crippen molar-refractivity contribution in [2.45, 2.75) is 6.61 Å². The average Bonchev–Trinajstić information content (AvgIpc) is 3.19. The summed E-state index contributed by atoms with van der Waals surface area (Å²) in [6.45, 7) is -0.0261. The van der Waals surface area contributed by atoms with Gasteiger partial charge < -0.3 is 14.9 Å². The summed E-state index contributed by atoms with van der Waals surface area (Å²) in [7, 11) is 0. The largest absolute Gasteiger partial charge is 0.392 e. The number of nitrogens with zero attached hydrogens (tertiary/aromatic N) is 1. The number of aliphatic hydroxyl groups is 1. The Bertz CT molecular complexity index is 733. The molecule has 2 aromatic heterocycles. The lowest BCUT2D eigenvalue weighted by Crippen LogP contribution is -2.12. The molecule has 0 saturated heterocycles. The van der Waals surface area contributed by atoms with Crippen molar-refractivity contribution in [2.24, 2.45) is 0 Å². The number of carbonyl (C=O) groups excluding carboxylic acids is 1. The molecule has 1 aromatic carbocycles. The second-order valence-corrected chi connectivity index (χ2v) is 5.31. The zero-order chi connectivity index (χ0) is 14.7. The van der Waals surface area contributed by atoms with Gasteiger partial charge in [0.1, 0.15) is 0 Å². The molecule has 0 unspecified atom stereocenters. The zero-order valence-electron chi connectivity index (χ0n) is 10.9. The summed E-state index contributed by atoms with van der Waals surface area (Å²) < 4.78 is 5.17. The molecule has 0 spiro atoms. The first kappa shape index (κ1) is 13.5. The van der Waals surface area contributed by atoms with Crippen LogP contribution in [0.2, 0.25) is 0 Å². The van der Waals surface area contributed by atoms with Crippen LogP contribution >= 0.6 is 11.3 Å². The normalized spacial score (nSPS) is 10.5. The zero-order valence-corrected chi connectivity index (χ0v) is 11.8. The third kappa shape index (κ3) is 3.01. The first-order chi connectivity index (χ1) is 10.3. The highest BCUT2D eigenvalue weighted by Crippen LogP contribution is 2.25. The molecule has 1 amide bonds. The van der Waals surface area contributed by atoms with Crippen molar-refractivity contribution in [3.8, 4) is 10.6 Å². The van der Waals surface area contributed by atoms with Crippen LogP contribution < -0.4 is 5.32 Å². The molecule has 0 saturated carbocycles. The van der Waals surface area contributed by atoms with E-state index in [2.05, 4.69) is 10.5 Å². The van der Waals surface area contributed by atoms with Crippen molar-refractivity contribution >= 4 is 22.9 Å². The van der Waals surface area contributed by atoms with Gasteiger partial charge in [0, 0.05) is 11.8 Å². The van der Waals surface area contributed by atoms with Crippen LogP contribution in [0.15, 0.2) is 52.4 Å². The van der Waals surface area contributed by atoms with Gasteiger partial charge in [-0.05, 0) is 29.1 Å². The van der Waals surface area contributed by atoms with Gasteiger partial charge in [-0.25, -0.2) is 0 Å². The van der Waals surface area contributed by atoms with E-state index in [4.69, 9.17) is 9.63 Å². The van der Waals surface area contributed by atoms with Gasteiger partial charge in [0.25, 0.3) is 5.91 Å². The Hall–Kier alpha value is -2.44. The Morgan fingerprint density at radius 2 is 2.10 bits per heavy atom. The first-order valence-corrected chi connectivity index (χ1v) is 7.16. The average molecular weight is 300 g/mol. The molecule has 0 aliphatic heterocycles. The summed E-state index contributed by atoms with van der Waals surface area (Å²) >= 11 is 1.52. The second kappa shape index (κ2) is 5.90. The SMILES string of the molecule is O=C(Nc1ccc(CO)cc1)c1cc(-c2cccs2)on1. The van der Waals surface area contributed by atoms with Crippen LogP contribution in [0.4, 0.5) is 5.69 Å². The minimum atomic E-state index is -0.335. The monoisotopic (exact) mass is 300 g/mol. The number of rotatable bonds is 4. The van der Waals surface area contributed by atoms with Crippen LogP contribution in [-0.2, 0) is 6.61 Å². The van der Waals surface area contributed by atoms with Crippen molar-refractivity contribution in [1.82, 2.24) is 5.16 Å². The molecule has 5 nitrogen and oxygen atoms in total. The molecule has 0 radical (unpaired) electrons. The van der Waals surface area contributed by atoms with Gasteiger partial charge in [-0.1, -0.05) is 23.4 Å². The Kier molecular flexibility index (Phi) is 3.81. The smallest absolute Gasteiger partial charge is 0.277 e. The molecule has 0 bridgehead atoms. The van der Waals surface area contributed by atoms with E-state index in [0.29, 0.717) is 11.4 Å². The quantitative estimate of drug-likeness (QED) is 0.776. The minimum absolute atomic E-state index is 0.0261. The molecule has 6 heteroatoms. The molecule has 106 valence electrons. The molecule has 3 rings (SSSR count). The molecule has 0 atom stereocenters. The van der Waals surface area contributed by atoms with E-state index < -0.39 is 0 Å². The predicted octanol–water partition coefficient (Wildman–Crippen LogP) is 3.15. The number of nitrogens with one attached hydrogen (secondary N) is 1. The number of carbonyl (C=O) groups is 1. The maximum Gasteiger partial charge on any atom is 0.277 e. The molecule has 2 N–H and O–H groups in total. The highest BCUT2D eigenvalue weighted by atomic mass is 32.1. The number of amides is 1. The molecular weight excluding hydrogens is 288 g/mol. The molecule has 2 heterocycles. The van der Waals surface area contributed by atoms with Gasteiger partial charge in [0.2, 0.25) is 0 Å². The van der Waals surface area contributed by atoms with Gasteiger partial charge in [0.15, 0.2) is 11.5 Å². The number of aromatic nitrogens is 1. The van der Waals surface area contributed by atoms with Gasteiger partial charge in [0.05, 0.1) is 11.5 Å². The standard InChI is InChI=1S/C15H12N2O3S/c18-9-10-3-5-11(6-4-10)16-15(19)12-8-13(20-17-12)14-2-1-7-21-14/h1-8,18H,9H2,(H,16,19). The Labute approximate surface area is 124 Å². The molecule has 0 aliphatic rings. The second-order valence-electron chi connectivity index (χ2n) is 4.36. The number of benzene rings is 1. The van der Waals surface area contributed by atoms with Gasteiger partial charge in [-0.15, -0.1) is 11.3 Å². The van der Waals surface area contributed by atoms with Crippen molar-refractivity contribution in [1.29, 1.82) is 0 Å². The number of hydrogen-bond acceptors (Lipinski definition) is 5. The summed E-state index contributed by atoms with van der Waals surface area (Å²) in [6.07, 6.45) is 0. The fourth-order valence-electron chi connectivity index (χ4n) is 1.81. The maximum atomic E-state index is 12.1. The summed E-state index contributed by atoms with van der Waals surface area (Å²) in [6, 6.07) is 12.4. The van der Waals surface area contributed by atoms with Crippen molar-refractivity contribution in [2.75, 3.05) is 5.32 Å². The lowest BCUT2D eigenvalue weighted by Gasteiger charge is -2.03. The predicted molar refractivity (Wildman–Crippen MR) is 80.1 cm³/mol. The van der Waals surface area contributed by atoms with Gasteiger partial charge >= 0.3 is 0 Å². The Morgan fingerprint density at radius 1 is 1.29 bits per heavy atom. The summed E-state index contributed by atoms with van der Waals surface area (Å²) in [5.41, 5.74) is 1.65. The number of anilines is 1. The van der Waals surface area contributed by atoms with E-state index in [1.807, 2.05) is 17.5 Å². The van der Waals surface area contributed by atoms with Crippen LogP contribution in [0, 0.1) is 0 Å². The molecular formula is C15H12N2O3S. The molecule has 3 aromatic rings. The van der Waals surface area contributed by atoms with Crippen molar-refractivity contribution in [3.63, 3.8) is 0 Å². The van der Waals surface area contributed by atoms with Crippen LogP contribution in [0.25, 0.3) is 10.6 Å². The van der Waals surface area contributed by atoms with Gasteiger partial charge in [-0.3, -0.25) is 4.79 Å². The van der Waals surface area contributed by atoms with E-state index in [0.717, 1.165) is 10.4 Å². The minimum Gasteiger partial charge on any atom is -0.392 e. The summed E-state index contributed by atoms with van der Waals surface area (Å²) in [5, 5.41) is 17.4. The molecule has 0 fully saturated rings. The Balaban J connectivity index is 1.73. The topological polar surface area (TPSA) is 75.4 Å². The Morgan fingerprint density at radius 3 is 2.76 bits per heavy atom. The van der Waals surface area contributed by atoms with Crippen LogP contribution in [0.1, 0.15) is 16.1 Å². The fourth-order valence-corrected chi connectivity index (χ4v) is 2.48. The maximum absolute atomic E-state index is 12.1. The van der Waals surface area contributed by atoms with E-state index in [-0.39, 0.29) is 18.2 Å². The highest BCUT2D eigenvalue weighted by Gasteiger charge is 2.14. The number of aliphatic hydroxyl groups excluding tert-OH is 1. The third-order valence-corrected chi connectivity index (χ3v) is 3.79. The molecule has 21 heavy (non-hydrogen) atoms. The lowest BCUT2D eigenvalue weighted by molar-refractivity contribution is 0.101. The summed E-state index contributed by atoms with van der Waals surface area (Å²) in [4.78, 5) is 13.0.